The van der Waals surface area contributed by atoms with E-state index in [4.69, 9.17) is 5.11 Å². The Morgan fingerprint density at radius 2 is 1.85 bits per heavy atom. The van der Waals surface area contributed by atoms with Crippen LogP contribution in [0, 0.1) is 0 Å². The summed E-state index contributed by atoms with van der Waals surface area (Å²) in [6.45, 7) is 0. The number of pyridine rings is 1. The Hall–Kier alpha value is -2.95. The van der Waals surface area contributed by atoms with Gasteiger partial charge in [-0.05, 0) is 37.0 Å². The summed E-state index contributed by atoms with van der Waals surface area (Å²) in [6.07, 6.45) is 10.3. The number of anilines is 1. The van der Waals surface area contributed by atoms with Crippen LogP contribution in [0.5, 0.6) is 0 Å². The Morgan fingerprint density at radius 1 is 1.04 bits per heavy atom. The molecule has 0 bridgehead atoms. The third kappa shape index (κ3) is 4.17. The molecule has 0 radical (unpaired) electrons. The maximum atomic E-state index is 12.5. The number of rotatable bonds is 7. The fraction of sp³-hybridized carbons (Fsp3) is 0.286. The van der Waals surface area contributed by atoms with E-state index in [0.29, 0.717) is 5.56 Å². The van der Waals surface area contributed by atoms with Gasteiger partial charge in [-0.15, -0.1) is 0 Å². The van der Waals surface area contributed by atoms with E-state index in [1.165, 1.54) is 0 Å². The molecule has 1 aliphatic heterocycles. The monoisotopic (exact) mass is 350 g/mol. The van der Waals surface area contributed by atoms with Crippen molar-refractivity contribution in [3.05, 3.63) is 65.5 Å². The van der Waals surface area contributed by atoms with Gasteiger partial charge in [-0.25, -0.2) is 0 Å². The number of carboxylic acids is 1. The number of unbranched alkanes of at least 4 members (excludes halogenated alkanes) is 4. The first-order valence-electron chi connectivity index (χ1n) is 8.94. The van der Waals surface area contributed by atoms with Crippen LogP contribution in [0.3, 0.4) is 0 Å². The van der Waals surface area contributed by atoms with Crippen LogP contribution in [0.2, 0.25) is 0 Å². The minimum absolute atomic E-state index is 0.119. The molecule has 5 nitrogen and oxygen atoms in total. The summed E-state index contributed by atoms with van der Waals surface area (Å²) in [6, 6.07) is 9.54. The Kier molecular flexibility index (Phi) is 5.79. The predicted molar refractivity (Wildman–Crippen MR) is 101 cm³/mol. The van der Waals surface area contributed by atoms with E-state index in [9.17, 15) is 9.59 Å². The van der Waals surface area contributed by atoms with Crippen molar-refractivity contribution in [1.82, 2.24) is 4.98 Å². The lowest BCUT2D eigenvalue weighted by Gasteiger charge is -2.10. The second-order valence-corrected chi connectivity index (χ2v) is 6.39. The van der Waals surface area contributed by atoms with Gasteiger partial charge in [0.2, 0.25) is 0 Å². The molecule has 1 amide bonds. The predicted octanol–water partition coefficient (Wildman–Crippen LogP) is 4.50. The van der Waals surface area contributed by atoms with Crippen molar-refractivity contribution in [2.75, 3.05) is 5.32 Å². The quantitative estimate of drug-likeness (QED) is 0.720. The second kappa shape index (κ2) is 8.43. The molecule has 0 saturated heterocycles. The van der Waals surface area contributed by atoms with Crippen molar-refractivity contribution in [1.29, 1.82) is 0 Å². The number of benzene rings is 1. The minimum atomic E-state index is -0.733. The van der Waals surface area contributed by atoms with E-state index < -0.39 is 5.97 Å². The average Bonchev–Trinajstić information content (AvgIpc) is 2.76. The summed E-state index contributed by atoms with van der Waals surface area (Å²) in [4.78, 5) is 27.2. The highest BCUT2D eigenvalue weighted by molar-refractivity contribution is 6.12. The highest BCUT2D eigenvalue weighted by Crippen LogP contribution is 2.35. The molecule has 0 fully saturated rings. The molecule has 3 rings (SSSR count). The SMILES string of the molecule is O=C(O)CCCCCC/C=C1\c2ccccc2NC(=O)c2ccncc21. The first kappa shape index (κ1) is 17.9. The van der Waals surface area contributed by atoms with Gasteiger partial charge in [0.25, 0.3) is 5.91 Å². The second-order valence-electron chi connectivity index (χ2n) is 6.39. The fourth-order valence-corrected chi connectivity index (χ4v) is 3.21. The van der Waals surface area contributed by atoms with E-state index in [-0.39, 0.29) is 12.3 Å². The van der Waals surface area contributed by atoms with Gasteiger partial charge in [0.1, 0.15) is 0 Å². The van der Waals surface area contributed by atoms with Crippen molar-refractivity contribution in [2.24, 2.45) is 0 Å². The Balaban J connectivity index is 1.78. The summed E-state index contributed by atoms with van der Waals surface area (Å²) in [7, 11) is 0. The number of hydrogen-bond donors (Lipinski definition) is 2. The van der Waals surface area contributed by atoms with E-state index in [0.717, 1.165) is 54.5 Å². The molecule has 0 spiro atoms. The molecule has 1 aromatic carbocycles. The van der Waals surface area contributed by atoms with Crippen molar-refractivity contribution in [3.8, 4) is 0 Å². The van der Waals surface area contributed by atoms with Gasteiger partial charge in [-0.3, -0.25) is 14.6 Å². The van der Waals surface area contributed by atoms with Crippen LogP contribution in [-0.2, 0) is 4.79 Å². The van der Waals surface area contributed by atoms with Crippen molar-refractivity contribution < 1.29 is 14.7 Å². The van der Waals surface area contributed by atoms with Crippen LogP contribution in [0.25, 0.3) is 5.57 Å². The first-order chi connectivity index (χ1) is 12.7. The summed E-state index contributed by atoms with van der Waals surface area (Å²) < 4.78 is 0. The number of nitrogens with one attached hydrogen (secondary N) is 1. The topological polar surface area (TPSA) is 79.3 Å². The molecule has 0 saturated carbocycles. The molecule has 0 atom stereocenters. The molecule has 2 aromatic rings. The highest BCUT2D eigenvalue weighted by Gasteiger charge is 2.22. The summed E-state index contributed by atoms with van der Waals surface area (Å²) >= 11 is 0. The minimum Gasteiger partial charge on any atom is -0.481 e. The van der Waals surface area contributed by atoms with Crippen LogP contribution in [0.4, 0.5) is 5.69 Å². The average molecular weight is 350 g/mol. The Labute approximate surface area is 152 Å². The number of carbonyl (C=O) groups is 2. The van der Waals surface area contributed by atoms with E-state index in [1.807, 2.05) is 24.3 Å². The van der Waals surface area contributed by atoms with Crippen LogP contribution in [-0.4, -0.2) is 22.0 Å². The molecule has 1 aliphatic rings. The zero-order valence-corrected chi connectivity index (χ0v) is 14.6. The molecular formula is C21H22N2O3. The zero-order valence-electron chi connectivity index (χ0n) is 14.6. The molecule has 0 aliphatic carbocycles. The highest BCUT2D eigenvalue weighted by atomic mass is 16.4. The number of aliphatic carboxylic acids is 1. The Morgan fingerprint density at radius 3 is 2.69 bits per heavy atom. The Bertz CT molecular complexity index is 843. The van der Waals surface area contributed by atoms with E-state index >= 15 is 0 Å². The van der Waals surface area contributed by atoms with Gasteiger partial charge in [0.05, 0.1) is 5.56 Å². The van der Waals surface area contributed by atoms with Crippen LogP contribution >= 0.6 is 0 Å². The first-order valence-corrected chi connectivity index (χ1v) is 8.94. The number of fused-ring (bicyclic) bond motifs is 2. The van der Waals surface area contributed by atoms with Gasteiger partial charge in [0.15, 0.2) is 0 Å². The van der Waals surface area contributed by atoms with Crippen LogP contribution in [0.15, 0.2) is 48.8 Å². The number of hydrogen-bond acceptors (Lipinski definition) is 3. The summed E-state index contributed by atoms with van der Waals surface area (Å²) in [5.74, 6) is -0.852. The normalized spacial score (nSPS) is 14.3. The zero-order chi connectivity index (χ0) is 18.4. The largest absolute Gasteiger partial charge is 0.481 e. The molecule has 2 heterocycles. The molecule has 134 valence electrons. The summed E-state index contributed by atoms with van der Waals surface area (Å²) in [5.41, 5.74) is 4.30. The van der Waals surface area contributed by atoms with Gasteiger partial charge in [-0.2, -0.15) is 0 Å². The lowest BCUT2D eigenvalue weighted by molar-refractivity contribution is -0.137. The molecule has 1 aromatic heterocycles. The smallest absolute Gasteiger partial charge is 0.303 e. The standard InChI is InChI=1S/C21H22N2O3/c24-20(25)11-5-3-1-2-4-8-15-16-9-6-7-10-19(16)23-21(26)17-12-13-22-14-18(15)17/h6-10,12-14H,1-5,11H2,(H,23,26)(H,24,25)/b15-8+. The van der Waals surface area contributed by atoms with Gasteiger partial charge >= 0.3 is 5.97 Å². The third-order valence-corrected chi connectivity index (χ3v) is 4.51. The van der Waals surface area contributed by atoms with Crippen molar-refractivity contribution >= 4 is 23.1 Å². The van der Waals surface area contributed by atoms with Gasteiger partial charge < -0.3 is 10.4 Å². The maximum absolute atomic E-state index is 12.5. The number of allylic oxidation sites excluding steroid dienone is 1. The molecule has 2 N–H and O–H groups in total. The van der Waals surface area contributed by atoms with E-state index in [2.05, 4.69) is 16.4 Å². The maximum Gasteiger partial charge on any atom is 0.303 e. The lowest BCUT2D eigenvalue weighted by Crippen LogP contribution is -2.11. The molecule has 26 heavy (non-hydrogen) atoms. The van der Waals surface area contributed by atoms with Crippen molar-refractivity contribution in [2.45, 2.75) is 38.5 Å². The van der Waals surface area contributed by atoms with E-state index in [1.54, 1.807) is 18.5 Å². The van der Waals surface area contributed by atoms with Gasteiger partial charge in [-0.1, -0.05) is 37.1 Å². The fourth-order valence-electron chi connectivity index (χ4n) is 3.21. The molecule has 5 heteroatoms. The number of carboxylic acid groups (broad SMARTS) is 1. The third-order valence-electron chi connectivity index (χ3n) is 4.51. The van der Waals surface area contributed by atoms with Gasteiger partial charge in [0, 0.05) is 35.6 Å². The molecule has 0 unspecified atom stereocenters. The van der Waals surface area contributed by atoms with Crippen LogP contribution < -0.4 is 5.32 Å². The van der Waals surface area contributed by atoms with Crippen molar-refractivity contribution in [3.63, 3.8) is 0 Å². The van der Waals surface area contributed by atoms with Crippen LogP contribution in [0.1, 0.15) is 60.0 Å². The number of amides is 1. The molecular weight excluding hydrogens is 328 g/mol. The summed E-state index contributed by atoms with van der Waals surface area (Å²) in [5, 5.41) is 11.6. The number of para-hydroxylation sites is 1. The lowest BCUT2D eigenvalue weighted by atomic mass is 9.94. The number of carbonyl (C=O) groups excluding carboxylic acids is 1. The number of nitrogens with zero attached hydrogens (tertiary/aromatic N) is 1. The number of aromatic nitrogens is 1.